The van der Waals surface area contributed by atoms with Crippen LogP contribution in [0.3, 0.4) is 0 Å². The second-order valence-corrected chi connectivity index (χ2v) is 6.77. The molecular formula is C22H34O4. The largest absolute Gasteiger partial charge is 0.478 e. The zero-order chi connectivity index (χ0) is 19.0. The Kier molecular flexibility index (Phi) is 12.5. The van der Waals surface area contributed by atoms with Gasteiger partial charge in [0.25, 0.3) is 0 Å². The average molecular weight is 363 g/mol. The zero-order valence-electron chi connectivity index (χ0n) is 15.9. The summed E-state index contributed by atoms with van der Waals surface area (Å²) >= 11 is 0. The van der Waals surface area contributed by atoms with Gasteiger partial charge < -0.3 is 14.9 Å². The fourth-order valence-corrected chi connectivity index (χ4v) is 2.83. The predicted molar refractivity (Wildman–Crippen MR) is 106 cm³/mol. The molecule has 3 unspecified atom stereocenters. The molecule has 1 aliphatic heterocycles. The van der Waals surface area contributed by atoms with Gasteiger partial charge in [0.2, 0.25) is 0 Å². The topological polar surface area (TPSA) is 70.1 Å². The van der Waals surface area contributed by atoms with Crippen molar-refractivity contribution in [2.75, 3.05) is 0 Å². The van der Waals surface area contributed by atoms with Gasteiger partial charge in [-0.15, -0.1) is 0 Å². The summed E-state index contributed by atoms with van der Waals surface area (Å²) in [6.45, 7) is 2.24. The van der Waals surface area contributed by atoms with E-state index in [-0.39, 0.29) is 0 Å². The number of hydrogen-bond acceptors (Lipinski definition) is 3. The Morgan fingerprint density at radius 2 is 1.54 bits per heavy atom. The van der Waals surface area contributed by atoms with Gasteiger partial charge in [-0.05, 0) is 19.3 Å². The highest BCUT2D eigenvalue weighted by Crippen LogP contribution is 2.31. The van der Waals surface area contributed by atoms with E-state index in [9.17, 15) is 9.90 Å². The van der Waals surface area contributed by atoms with Gasteiger partial charge in [-0.2, -0.15) is 0 Å². The molecule has 2 N–H and O–H groups in total. The van der Waals surface area contributed by atoms with Crippen LogP contribution in [0.15, 0.2) is 48.6 Å². The van der Waals surface area contributed by atoms with E-state index in [0.29, 0.717) is 12.2 Å². The number of aliphatic hydroxyl groups excluding tert-OH is 1. The molecule has 0 aromatic heterocycles. The van der Waals surface area contributed by atoms with Crippen molar-refractivity contribution in [3.8, 4) is 0 Å². The molecule has 0 radical (unpaired) electrons. The van der Waals surface area contributed by atoms with Crippen LogP contribution >= 0.6 is 0 Å². The minimum absolute atomic E-state index is 0.341. The molecule has 0 amide bonds. The summed E-state index contributed by atoms with van der Waals surface area (Å²) in [5.74, 6) is -0.962. The number of epoxide rings is 1. The zero-order valence-corrected chi connectivity index (χ0v) is 15.9. The smallest absolute Gasteiger partial charge is 0.328 e. The van der Waals surface area contributed by atoms with Crippen LogP contribution in [-0.2, 0) is 9.53 Å². The van der Waals surface area contributed by atoms with E-state index in [1.165, 1.54) is 44.6 Å². The number of unbranched alkanes of at least 4 members (excludes halogenated alkanes) is 5. The normalized spacial score (nSPS) is 21.5. The van der Waals surface area contributed by atoms with Crippen LogP contribution < -0.4 is 0 Å². The Morgan fingerprint density at radius 3 is 2.27 bits per heavy atom. The Hall–Kier alpha value is -1.65. The first-order chi connectivity index (χ1) is 12.6. The number of carbonyl (C=O) groups is 1. The first kappa shape index (κ1) is 22.4. The van der Waals surface area contributed by atoms with E-state index in [4.69, 9.17) is 9.84 Å². The molecule has 0 saturated carbocycles. The average Bonchev–Trinajstić information content (AvgIpc) is 3.36. The van der Waals surface area contributed by atoms with Crippen molar-refractivity contribution in [3.05, 3.63) is 48.6 Å². The minimum Gasteiger partial charge on any atom is -0.478 e. The molecule has 0 aliphatic carbocycles. The third-order valence-electron chi connectivity index (χ3n) is 4.40. The third kappa shape index (κ3) is 12.7. The number of ether oxygens (including phenoxy) is 1. The third-order valence-corrected chi connectivity index (χ3v) is 4.40. The lowest BCUT2D eigenvalue weighted by Gasteiger charge is -2.02. The van der Waals surface area contributed by atoms with Crippen LogP contribution in [0, 0.1) is 0 Å². The highest BCUT2D eigenvalue weighted by molar-refractivity contribution is 5.80. The summed E-state index contributed by atoms with van der Waals surface area (Å²) in [5.41, 5.74) is 0. The van der Waals surface area contributed by atoms with Gasteiger partial charge >= 0.3 is 5.97 Å². The highest BCUT2D eigenvalue weighted by atomic mass is 16.6. The molecule has 1 heterocycles. The first-order valence-corrected chi connectivity index (χ1v) is 9.88. The first-order valence-electron chi connectivity index (χ1n) is 9.88. The Labute approximate surface area is 158 Å². The Balaban J connectivity index is 2.01. The molecule has 1 fully saturated rings. The standard InChI is InChI=1S/C22H34O4/c1-2-3-4-5-9-12-15-20-21(26-20)18-17-19(23)14-11-8-6-7-10-13-16-22(24)25/h6-8,10-11,13-14,16,19-21,23H,2-5,9,12,15,17-18H2,1H3,(H,24,25). The molecular weight excluding hydrogens is 328 g/mol. The summed E-state index contributed by atoms with van der Waals surface area (Å²) in [5, 5.41) is 18.4. The monoisotopic (exact) mass is 362 g/mol. The minimum atomic E-state index is -0.962. The lowest BCUT2D eigenvalue weighted by Crippen LogP contribution is -2.05. The molecule has 1 saturated heterocycles. The van der Waals surface area contributed by atoms with Crippen molar-refractivity contribution >= 4 is 5.97 Å². The van der Waals surface area contributed by atoms with E-state index >= 15 is 0 Å². The summed E-state index contributed by atoms with van der Waals surface area (Å²) in [4.78, 5) is 10.3. The summed E-state index contributed by atoms with van der Waals surface area (Å²) in [6, 6.07) is 0. The SMILES string of the molecule is CCCCCCCCC1OC1CCC(O)C=CC=CC=CC=CC(=O)O. The maximum Gasteiger partial charge on any atom is 0.328 e. The number of carboxylic acid groups (broad SMARTS) is 1. The quantitative estimate of drug-likeness (QED) is 0.187. The van der Waals surface area contributed by atoms with E-state index in [0.717, 1.165) is 25.3 Å². The number of hydrogen-bond donors (Lipinski definition) is 2. The summed E-state index contributed by atoms with van der Waals surface area (Å²) in [6.07, 6.45) is 24.1. The molecule has 0 aromatic carbocycles. The van der Waals surface area contributed by atoms with E-state index < -0.39 is 12.1 Å². The summed E-state index contributed by atoms with van der Waals surface area (Å²) < 4.78 is 5.69. The molecule has 1 aliphatic rings. The van der Waals surface area contributed by atoms with Crippen molar-refractivity contribution in [2.45, 2.75) is 83.0 Å². The molecule has 0 aromatic rings. The number of rotatable bonds is 15. The van der Waals surface area contributed by atoms with Gasteiger partial charge in [-0.3, -0.25) is 0 Å². The highest BCUT2D eigenvalue weighted by Gasteiger charge is 2.37. The predicted octanol–water partition coefficient (Wildman–Crippen LogP) is 4.95. The molecule has 26 heavy (non-hydrogen) atoms. The van der Waals surface area contributed by atoms with Gasteiger partial charge in [0.15, 0.2) is 0 Å². The van der Waals surface area contributed by atoms with Crippen LogP contribution in [0.5, 0.6) is 0 Å². The van der Waals surface area contributed by atoms with Crippen molar-refractivity contribution in [3.63, 3.8) is 0 Å². The lowest BCUT2D eigenvalue weighted by molar-refractivity contribution is -0.131. The maximum absolute atomic E-state index is 10.3. The van der Waals surface area contributed by atoms with Gasteiger partial charge in [0, 0.05) is 6.08 Å². The van der Waals surface area contributed by atoms with E-state index in [1.807, 2.05) is 6.08 Å². The van der Waals surface area contributed by atoms with Crippen LogP contribution in [0.25, 0.3) is 0 Å². The maximum atomic E-state index is 10.3. The number of aliphatic hydroxyl groups is 1. The molecule has 146 valence electrons. The van der Waals surface area contributed by atoms with Crippen LogP contribution in [0.1, 0.15) is 64.7 Å². The summed E-state index contributed by atoms with van der Waals surface area (Å²) in [7, 11) is 0. The van der Waals surface area contributed by atoms with Crippen molar-refractivity contribution in [1.82, 2.24) is 0 Å². The van der Waals surface area contributed by atoms with Gasteiger partial charge in [0.05, 0.1) is 18.3 Å². The van der Waals surface area contributed by atoms with Crippen molar-refractivity contribution in [1.29, 1.82) is 0 Å². The van der Waals surface area contributed by atoms with Gasteiger partial charge in [0.1, 0.15) is 0 Å². The molecule has 1 rings (SSSR count). The molecule has 0 bridgehead atoms. The molecule has 3 atom stereocenters. The second-order valence-electron chi connectivity index (χ2n) is 6.77. The lowest BCUT2D eigenvalue weighted by atomic mass is 10.0. The van der Waals surface area contributed by atoms with Crippen LogP contribution in [-0.4, -0.2) is 34.5 Å². The number of allylic oxidation sites excluding steroid dienone is 6. The van der Waals surface area contributed by atoms with Crippen molar-refractivity contribution in [2.24, 2.45) is 0 Å². The molecule has 4 heteroatoms. The second kappa shape index (κ2) is 14.5. The Bertz CT molecular complexity index is 490. The fourth-order valence-electron chi connectivity index (χ4n) is 2.83. The van der Waals surface area contributed by atoms with Crippen LogP contribution in [0.4, 0.5) is 0 Å². The van der Waals surface area contributed by atoms with E-state index in [1.54, 1.807) is 30.4 Å². The number of carboxylic acids is 1. The molecule has 0 spiro atoms. The van der Waals surface area contributed by atoms with E-state index in [2.05, 4.69) is 6.92 Å². The fraction of sp³-hybridized carbons (Fsp3) is 0.591. The van der Waals surface area contributed by atoms with Gasteiger partial charge in [-0.25, -0.2) is 4.79 Å². The molecule has 4 nitrogen and oxygen atoms in total. The van der Waals surface area contributed by atoms with Gasteiger partial charge in [-0.1, -0.05) is 88.0 Å². The van der Waals surface area contributed by atoms with Crippen molar-refractivity contribution < 1.29 is 19.7 Å². The Morgan fingerprint density at radius 1 is 0.923 bits per heavy atom. The van der Waals surface area contributed by atoms with Crippen LogP contribution in [0.2, 0.25) is 0 Å². The number of aliphatic carboxylic acids is 1.